The van der Waals surface area contributed by atoms with Crippen LogP contribution in [0, 0.1) is 28.6 Å². The van der Waals surface area contributed by atoms with Gasteiger partial charge in [0.05, 0.1) is 11.3 Å². The SMILES string of the molecule is CC(NC(=O)C12CC3CC(CC(C)(C3)C1)C2)C(C)C(=O)O. The van der Waals surface area contributed by atoms with Gasteiger partial charge in [-0.15, -0.1) is 0 Å². The van der Waals surface area contributed by atoms with E-state index in [0.717, 1.165) is 19.3 Å². The summed E-state index contributed by atoms with van der Waals surface area (Å²) in [7, 11) is 0. The Kier molecular flexibility index (Phi) is 3.34. The molecule has 4 rings (SSSR count). The highest BCUT2D eigenvalue weighted by atomic mass is 16.4. The molecule has 0 aliphatic heterocycles. The van der Waals surface area contributed by atoms with Crippen LogP contribution in [0.2, 0.25) is 0 Å². The third-order valence-electron chi connectivity index (χ3n) is 6.33. The minimum Gasteiger partial charge on any atom is -0.481 e. The van der Waals surface area contributed by atoms with E-state index in [1.165, 1.54) is 19.3 Å². The molecule has 4 heteroatoms. The van der Waals surface area contributed by atoms with Gasteiger partial charge in [-0.1, -0.05) is 6.92 Å². The van der Waals surface area contributed by atoms with E-state index < -0.39 is 11.9 Å². The quantitative estimate of drug-likeness (QED) is 0.837. The number of nitrogens with one attached hydrogen (secondary N) is 1. The van der Waals surface area contributed by atoms with Gasteiger partial charge in [-0.3, -0.25) is 9.59 Å². The second-order valence-electron chi connectivity index (χ2n) is 8.44. The van der Waals surface area contributed by atoms with E-state index in [-0.39, 0.29) is 17.4 Å². The first-order valence-corrected chi connectivity index (χ1v) is 8.27. The second-order valence-corrected chi connectivity index (χ2v) is 8.44. The summed E-state index contributed by atoms with van der Waals surface area (Å²) in [5, 5.41) is 12.1. The lowest BCUT2D eigenvalue weighted by molar-refractivity contribution is -0.156. The van der Waals surface area contributed by atoms with Crippen molar-refractivity contribution in [1.29, 1.82) is 0 Å². The molecule has 0 heterocycles. The number of carbonyl (C=O) groups excluding carboxylic acids is 1. The Bertz CT molecular complexity index is 459. The van der Waals surface area contributed by atoms with Crippen LogP contribution in [0.5, 0.6) is 0 Å². The van der Waals surface area contributed by atoms with Gasteiger partial charge in [-0.25, -0.2) is 0 Å². The smallest absolute Gasteiger partial charge is 0.308 e. The normalized spacial score (nSPS) is 43.4. The molecule has 21 heavy (non-hydrogen) atoms. The molecule has 118 valence electrons. The maximum Gasteiger partial charge on any atom is 0.308 e. The van der Waals surface area contributed by atoms with Crippen LogP contribution in [0.15, 0.2) is 0 Å². The Hall–Kier alpha value is -1.06. The number of hydrogen-bond acceptors (Lipinski definition) is 2. The molecule has 4 bridgehead atoms. The van der Waals surface area contributed by atoms with Crippen molar-refractivity contribution < 1.29 is 14.7 Å². The van der Waals surface area contributed by atoms with E-state index in [0.29, 0.717) is 17.3 Å². The van der Waals surface area contributed by atoms with Gasteiger partial charge in [-0.2, -0.15) is 0 Å². The summed E-state index contributed by atoms with van der Waals surface area (Å²) in [6.45, 7) is 5.81. The Balaban J connectivity index is 1.74. The van der Waals surface area contributed by atoms with Gasteiger partial charge >= 0.3 is 5.97 Å². The van der Waals surface area contributed by atoms with Crippen LogP contribution in [-0.4, -0.2) is 23.0 Å². The van der Waals surface area contributed by atoms with Crippen molar-refractivity contribution in [1.82, 2.24) is 5.32 Å². The predicted octanol–water partition coefficient (Wildman–Crippen LogP) is 2.82. The Morgan fingerprint density at radius 3 is 2.19 bits per heavy atom. The van der Waals surface area contributed by atoms with Gasteiger partial charge < -0.3 is 10.4 Å². The van der Waals surface area contributed by atoms with E-state index in [1.54, 1.807) is 13.8 Å². The summed E-state index contributed by atoms with van der Waals surface area (Å²) in [4.78, 5) is 23.9. The van der Waals surface area contributed by atoms with Crippen molar-refractivity contribution in [2.75, 3.05) is 0 Å². The summed E-state index contributed by atoms with van der Waals surface area (Å²) in [5.74, 6) is 0.130. The molecule has 1 amide bonds. The summed E-state index contributed by atoms with van der Waals surface area (Å²) >= 11 is 0. The zero-order valence-corrected chi connectivity index (χ0v) is 13.3. The van der Waals surface area contributed by atoms with Crippen LogP contribution in [-0.2, 0) is 9.59 Å². The largest absolute Gasteiger partial charge is 0.481 e. The lowest BCUT2D eigenvalue weighted by atomic mass is 9.44. The maximum absolute atomic E-state index is 12.9. The molecule has 4 nitrogen and oxygen atoms in total. The molecule has 2 N–H and O–H groups in total. The minimum atomic E-state index is -0.847. The zero-order valence-electron chi connectivity index (χ0n) is 13.3. The molecule has 4 aliphatic rings. The number of hydrogen-bond donors (Lipinski definition) is 2. The standard InChI is InChI=1S/C17H27NO3/c1-10(14(19)20)11(2)18-15(21)17-7-12-4-13(8-17)6-16(3,5-12)9-17/h10-13H,4-9H2,1-3H3,(H,18,21)(H,19,20). The van der Waals surface area contributed by atoms with Gasteiger partial charge in [0, 0.05) is 6.04 Å². The molecule has 0 aromatic carbocycles. The Labute approximate surface area is 126 Å². The number of aliphatic carboxylic acids is 1. The fourth-order valence-corrected chi connectivity index (χ4v) is 5.68. The lowest BCUT2D eigenvalue weighted by Crippen LogP contribution is -2.58. The summed E-state index contributed by atoms with van der Waals surface area (Å²) in [6.07, 6.45) is 6.87. The molecule has 4 atom stereocenters. The third kappa shape index (κ3) is 2.47. The van der Waals surface area contributed by atoms with Crippen LogP contribution >= 0.6 is 0 Å². The highest BCUT2D eigenvalue weighted by molar-refractivity contribution is 5.84. The maximum atomic E-state index is 12.9. The van der Waals surface area contributed by atoms with Crippen molar-refractivity contribution >= 4 is 11.9 Å². The third-order valence-corrected chi connectivity index (χ3v) is 6.33. The average Bonchev–Trinajstić information content (AvgIpc) is 2.34. The first-order valence-electron chi connectivity index (χ1n) is 8.27. The van der Waals surface area contributed by atoms with Gasteiger partial charge in [0.2, 0.25) is 5.91 Å². The Morgan fingerprint density at radius 1 is 1.14 bits per heavy atom. The molecule has 0 aromatic heterocycles. The molecule has 4 fully saturated rings. The van der Waals surface area contributed by atoms with Crippen LogP contribution in [0.3, 0.4) is 0 Å². The van der Waals surface area contributed by atoms with Crippen LogP contribution < -0.4 is 5.32 Å². The first-order chi connectivity index (χ1) is 9.73. The molecule has 0 saturated heterocycles. The number of carbonyl (C=O) groups is 2. The molecule has 4 aliphatic carbocycles. The lowest BCUT2D eigenvalue weighted by Gasteiger charge is -2.60. The minimum absolute atomic E-state index is 0.114. The van der Waals surface area contributed by atoms with Gasteiger partial charge in [0.15, 0.2) is 0 Å². The number of carboxylic acid groups (broad SMARTS) is 1. The van der Waals surface area contributed by atoms with E-state index >= 15 is 0 Å². The molecule has 0 aromatic rings. The topological polar surface area (TPSA) is 66.4 Å². The Morgan fingerprint density at radius 2 is 1.71 bits per heavy atom. The molecule has 4 unspecified atom stereocenters. The molecular formula is C17H27NO3. The van der Waals surface area contributed by atoms with E-state index in [4.69, 9.17) is 5.11 Å². The number of amides is 1. The molecule has 0 spiro atoms. The van der Waals surface area contributed by atoms with Crippen molar-refractivity contribution in [2.24, 2.45) is 28.6 Å². The summed E-state index contributed by atoms with van der Waals surface area (Å²) in [6, 6.07) is -0.309. The monoisotopic (exact) mass is 293 g/mol. The average molecular weight is 293 g/mol. The van der Waals surface area contributed by atoms with E-state index in [9.17, 15) is 9.59 Å². The molecule has 0 radical (unpaired) electrons. The first kappa shape index (κ1) is 14.9. The van der Waals surface area contributed by atoms with E-state index in [2.05, 4.69) is 12.2 Å². The van der Waals surface area contributed by atoms with Crippen LogP contribution in [0.1, 0.15) is 59.3 Å². The predicted molar refractivity (Wildman–Crippen MR) is 79.6 cm³/mol. The highest BCUT2D eigenvalue weighted by Gasteiger charge is 2.58. The van der Waals surface area contributed by atoms with Crippen molar-refractivity contribution in [3.63, 3.8) is 0 Å². The van der Waals surface area contributed by atoms with Crippen molar-refractivity contribution in [3.05, 3.63) is 0 Å². The molecular weight excluding hydrogens is 266 g/mol. The summed E-state index contributed by atoms with van der Waals surface area (Å²) in [5.41, 5.74) is 0.119. The zero-order chi connectivity index (χ0) is 15.4. The second kappa shape index (κ2) is 4.72. The van der Waals surface area contributed by atoms with Crippen molar-refractivity contribution in [3.8, 4) is 0 Å². The number of carboxylic acids is 1. The van der Waals surface area contributed by atoms with Gasteiger partial charge in [-0.05, 0) is 69.6 Å². The van der Waals surface area contributed by atoms with Gasteiger partial charge in [0.1, 0.15) is 0 Å². The van der Waals surface area contributed by atoms with Crippen molar-refractivity contribution in [2.45, 2.75) is 65.3 Å². The highest BCUT2D eigenvalue weighted by Crippen LogP contribution is 2.65. The van der Waals surface area contributed by atoms with Gasteiger partial charge in [0.25, 0.3) is 0 Å². The van der Waals surface area contributed by atoms with Crippen LogP contribution in [0.4, 0.5) is 0 Å². The fraction of sp³-hybridized carbons (Fsp3) is 0.882. The number of rotatable bonds is 4. The summed E-state index contributed by atoms with van der Waals surface area (Å²) < 4.78 is 0. The van der Waals surface area contributed by atoms with E-state index in [1.807, 2.05) is 0 Å². The van der Waals surface area contributed by atoms with Crippen LogP contribution in [0.25, 0.3) is 0 Å². The molecule has 4 saturated carbocycles. The fourth-order valence-electron chi connectivity index (χ4n) is 5.68.